The molecule has 0 aromatic carbocycles. The molecule has 15 heteroatoms. The van der Waals surface area contributed by atoms with Crippen molar-refractivity contribution in [3.63, 3.8) is 0 Å². The molecule has 0 unspecified atom stereocenters. The van der Waals surface area contributed by atoms with Gasteiger partial charge in [0.2, 0.25) is 21.9 Å². The molecule has 2 aliphatic rings. The minimum absolute atomic E-state index is 0.161. The highest BCUT2D eigenvalue weighted by molar-refractivity contribution is 7.92. The number of rotatable bonds is 8. The van der Waals surface area contributed by atoms with Crippen LogP contribution in [-0.4, -0.2) is 116 Å². The van der Waals surface area contributed by atoms with Crippen molar-refractivity contribution in [1.29, 1.82) is 0 Å². The van der Waals surface area contributed by atoms with Crippen LogP contribution >= 0.6 is 11.3 Å². The van der Waals surface area contributed by atoms with E-state index in [-0.39, 0.29) is 17.5 Å². The molecular formula is C26H35N7O6S2. The Morgan fingerprint density at radius 2 is 1.90 bits per heavy atom. The fraction of sp³-hybridized carbons (Fsp3) is 0.538. The van der Waals surface area contributed by atoms with Crippen LogP contribution in [0.15, 0.2) is 12.3 Å². The van der Waals surface area contributed by atoms with Crippen molar-refractivity contribution in [3.8, 4) is 17.1 Å². The number of nitrogens with one attached hydrogen (secondary N) is 1. The van der Waals surface area contributed by atoms with Crippen LogP contribution in [-0.2, 0) is 26.1 Å². The average Bonchev–Trinajstić information content (AvgIpc) is 3.26. The van der Waals surface area contributed by atoms with Crippen LogP contribution in [0.2, 0.25) is 0 Å². The molecule has 222 valence electrons. The molecule has 1 atom stereocenters. The first-order valence-electron chi connectivity index (χ1n) is 13.4. The third-order valence-electron chi connectivity index (χ3n) is 7.15. The minimum atomic E-state index is -3.58. The van der Waals surface area contributed by atoms with E-state index in [0.717, 1.165) is 26.9 Å². The number of piperazine rings is 1. The summed E-state index contributed by atoms with van der Waals surface area (Å²) in [5.74, 6) is 0.497. The maximum absolute atomic E-state index is 12.2. The second kappa shape index (κ2) is 12.0. The number of methoxy groups -OCH3 is 1. The summed E-state index contributed by atoms with van der Waals surface area (Å²) in [5.41, 5.74) is 3.46. The first-order chi connectivity index (χ1) is 19.5. The molecule has 1 amide bonds. The molecule has 13 nitrogen and oxygen atoms in total. The number of aromatic nitrogens is 3. The van der Waals surface area contributed by atoms with E-state index in [1.54, 1.807) is 28.5 Å². The lowest BCUT2D eigenvalue weighted by atomic mass is 10.1. The molecule has 3 aromatic heterocycles. The van der Waals surface area contributed by atoms with Crippen molar-refractivity contribution < 1.29 is 27.8 Å². The van der Waals surface area contributed by atoms with Gasteiger partial charge in [-0.15, -0.1) is 11.3 Å². The highest BCUT2D eigenvalue weighted by Gasteiger charge is 2.27. The van der Waals surface area contributed by atoms with Crippen LogP contribution in [0.25, 0.3) is 21.5 Å². The van der Waals surface area contributed by atoms with Crippen molar-refractivity contribution >= 4 is 49.1 Å². The zero-order chi connectivity index (χ0) is 29.3. The predicted octanol–water partition coefficient (Wildman–Crippen LogP) is 1.30. The van der Waals surface area contributed by atoms with E-state index in [0.29, 0.717) is 76.2 Å². The summed E-state index contributed by atoms with van der Waals surface area (Å²) in [6.45, 7) is 9.17. The lowest BCUT2D eigenvalue weighted by Gasteiger charge is -2.35. The molecule has 2 fully saturated rings. The minimum Gasteiger partial charge on any atom is -0.480 e. The van der Waals surface area contributed by atoms with Crippen molar-refractivity contribution in [1.82, 2.24) is 24.8 Å². The highest BCUT2D eigenvalue weighted by Crippen LogP contribution is 2.39. The number of morpholine rings is 1. The number of hydrogen-bond acceptors (Lipinski definition) is 12. The van der Waals surface area contributed by atoms with E-state index < -0.39 is 16.1 Å². The van der Waals surface area contributed by atoms with Gasteiger partial charge in [-0.3, -0.25) is 14.4 Å². The number of sulfonamides is 1. The summed E-state index contributed by atoms with van der Waals surface area (Å²) in [6.07, 6.45) is 1.71. The maximum atomic E-state index is 12.2. The maximum Gasteiger partial charge on any atom is 0.251 e. The van der Waals surface area contributed by atoms with E-state index in [2.05, 4.69) is 26.4 Å². The van der Waals surface area contributed by atoms with E-state index in [1.165, 1.54) is 14.0 Å². The zero-order valence-corrected chi connectivity index (χ0v) is 25.2. The van der Waals surface area contributed by atoms with Gasteiger partial charge in [-0.1, -0.05) is 0 Å². The normalized spacial score (nSPS) is 17.6. The van der Waals surface area contributed by atoms with Crippen LogP contribution in [0.5, 0.6) is 5.88 Å². The van der Waals surface area contributed by atoms with E-state index in [4.69, 9.17) is 19.4 Å². The number of anilines is 2. The van der Waals surface area contributed by atoms with Crippen LogP contribution in [0.3, 0.4) is 0 Å². The number of aryl methyl sites for hydroxylation is 1. The lowest BCUT2D eigenvalue weighted by molar-refractivity contribution is -0.141. The Morgan fingerprint density at radius 3 is 2.54 bits per heavy atom. The van der Waals surface area contributed by atoms with Gasteiger partial charge in [0.05, 0.1) is 42.5 Å². The number of aliphatic hydroxyl groups is 1. The molecule has 0 radical (unpaired) electrons. The summed E-state index contributed by atoms with van der Waals surface area (Å²) in [5, 5.41) is 9.68. The van der Waals surface area contributed by atoms with Gasteiger partial charge in [0.15, 0.2) is 0 Å². The van der Waals surface area contributed by atoms with E-state index >= 15 is 0 Å². The van der Waals surface area contributed by atoms with Crippen molar-refractivity contribution in [3.05, 3.63) is 22.7 Å². The number of carbonyl (C=O) groups is 1. The van der Waals surface area contributed by atoms with Crippen LogP contribution in [0, 0.1) is 6.92 Å². The second-order valence-corrected chi connectivity index (χ2v) is 13.2. The number of ether oxygens (including phenoxy) is 2. The number of aliphatic hydroxyl groups excluding tert-OH is 1. The number of amides is 1. The van der Waals surface area contributed by atoms with Gasteiger partial charge < -0.3 is 24.4 Å². The summed E-state index contributed by atoms with van der Waals surface area (Å²) >= 11 is 1.59. The Hall–Kier alpha value is -3.11. The average molecular weight is 606 g/mol. The van der Waals surface area contributed by atoms with Gasteiger partial charge in [-0.05, 0) is 19.9 Å². The first-order valence-corrected chi connectivity index (χ1v) is 16.1. The second-order valence-electron chi connectivity index (χ2n) is 10.2. The number of thiophene rings is 1. The zero-order valence-electron chi connectivity index (χ0n) is 23.6. The van der Waals surface area contributed by atoms with Crippen molar-refractivity contribution in [2.75, 3.05) is 75.5 Å². The quantitative estimate of drug-likeness (QED) is 0.383. The lowest BCUT2D eigenvalue weighted by Crippen LogP contribution is -2.50. The Kier molecular flexibility index (Phi) is 8.61. The van der Waals surface area contributed by atoms with Gasteiger partial charge in [0, 0.05) is 68.0 Å². The molecule has 2 saturated heterocycles. The Bertz CT molecular complexity index is 1530. The van der Waals surface area contributed by atoms with Gasteiger partial charge in [-0.25, -0.2) is 23.4 Å². The third kappa shape index (κ3) is 6.54. The van der Waals surface area contributed by atoms with Crippen molar-refractivity contribution in [2.24, 2.45) is 0 Å². The number of carbonyl (C=O) groups excluding carboxylic acids is 1. The molecule has 2 aliphatic heterocycles. The summed E-state index contributed by atoms with van der Waals surface area (Å²) < 4.78 is 38.3. The molecule has 0 saturated carbocycles. The molecule has 5 rings (SSSR count). The Labute approximate surface area is 243 Å². The molecule has 2 N–H and O–H groups in total. The van der Waals surface area contributed by atoms with Crippen LogP contribution in [0.4, 0.5) is 11.6 Å². The van der Waals surface area contributed by atoms with E-state index in [9.17, 15) is 18.3 Å². The van der Waals surface area contributed by atoms with E-state index in [1.807, 2.05) is 0 Å². The highest BCUT2D eigenvalue weighted by atomic mass is 32.2. The number of pyridine rings is 1. The topological polar surface area (TPSA) is 150 Å². The number of fused-ring (bicyclic) bond motifs is 1. The largest absolute Gasteiger partial charge is 0.480 e. The van der Waals surface area contributed by atoms with Gasteiger partial charge in [0.1, 0.15) is 11.8 Å². The summed E-state index contributed by atoms with van der Waals surface area (Å²) in [6, 6.07) is 1.69. The standard InChI is InChI=1S/C26H35N7O6S2/c1-16(34)25(35)32-7-5-31(6-8-32)15-19-17(2)40-23-21(28-26(29-22(19)23)33-9-11-39-12-10-33)18-13-20(30-41(4,36)37)24(38-3)27-14-18/h13-14,16,30,34H,5-12,15H2,1-4H3/t16-/m1/s1. The molecule has 0 bridgehead atoms. The number of nitrogens with zero attached hydrogens (tertiary/aromatic N) is 6. The first kappa shape index (κ1) is 29.4. The summed E-state index contributed by atoms with van der Waals surface area (Å²) in [4.78, 5) is 33.8. The van der Waals surface area contributed by atoms with Crippen LogP contribution in [0.1, 0.15) is 17.4 Å². The molecule has 0 spiro atoms. The molecule has 41 heavy (non-hydrogen) atoms. The Balaban J connectivity index is 1.55. The molecular weight excluding hydrogens is 570 g/mol. The molecule has 5 heterocycles. The predicted molar refractivity (Wildman–Crippen MR) is 157 cm³/mol. The van der Waals surface area contributed by atoms with Gasteiger partial charge in [0.25, 0.3) is 5.91 Å². The molecule has 3 aromatic rings. The fourth-order valence-electron chi connectivity index (χ4n) is 5.04. The van der Waals surface area contributed by atoms with Gasteiger partial charge >= 0.3 is 0 Å². The number of hydrogen-bond donors (Lipinski definition) is 2. The monoisotopic (exact) mass is 605 g/mol. The molecule has 0 aliphatic carbocycles. The fourth-order valence-corrected chi connectivity index (χ4v) is 6.70. The van der Waals surface area contributed by atoms with Gasteiger partial charge in [-0.2, -0.15) is 0 Å². The summed E-state index contributed by atoms with van der Waals surface area (Å²) in [7, 11) is -2.14. The SMILES string of the molecule is COc1ncc(-c2nc(N3CCOCC3)nc3c(CN4CCN(C(=O)[C@@H](C)O)CC4)c(C)sc23)cc1NS(C)(=O)=O. The van der Waals surface area contributed by atoms with Crippen molar-refractivity contribution in [2.45, 2.75) is 26.5 Å². The smallest absolute Gasteiger partial charge is 0.251 e. The van der Waals surface area contributed by atoms with Crippen LogP contribution < -0.4 is 14.4 Å². The third-order valence-corrected chi connectivity index (χ3v) is 8.88. The Morgan fingerprint density at radius 1 is 1.20 bits per heavy atom.